The lowest BCUT2D eigenvalue weighted by molar-refractivity contribution is -0.134. The maximum absolute atomic E-state index is 13.7. The van der Waals surface area contributed by atoms with Crippen LogP contribution in [0.25, 0.3) is 10.9 Å². The van der Waals surface area contributed by atoms with Gasteiger partial charge in [-0.3, -0.25) is 33.3 Å². The third kappa shape index (κ3) is 8.58. The van der Waals surface area contributed by atoms with Crippen molar-refractivity contribution in [3.8, 4) is 5.75 Å². The molecular formula is C37H39N7O7. The number of aromatic nitrogens is 2. The number of para-hydroxylation sites is 1. The summed E-state index contributed by atoms with van der Waals surface area (Å²) in [7, 11) is 0. The number of nitrogens with zero attached hydrogens (tertiary/aromatic N) is 2. The van der Waals surface area contributed by atoms with Gasteiger partial charge >= 0.3 is 0 Å². The monoisotopic (exact) mass is 693 g/mol. The highest BCUT2D eigenvalue weighted by molar-refractivity contribution is 5.98. The van der Waals surface area contributed by atoms with Crippen molar-refractivity contribution in [2.75, 3.05) is 13.2 Å². The maximum Gasteiger partial charge on any atom is 0.261 e. The molecule has 3 aromatic carbocycles. The molecule has 3 heterocycles. The summed E-state index contributed by atoms with van der Waals surface area (Å²) in [6.45, 7) is 1.45. The van der Waals surface area contributed by atoms with Crippen molar-refractivity contribution in [1.29, 1.82) is 0 Å². The number of rotatable bonds is 5. The van der Waals surface area contributed by atoms with Crippen molar-refractivity contribution in [3.05, 3.63) is 107 Å². The van der Waals surface area contributed by atoms with E-state index in [9.17, 15) is 28.8 Å². The van der Waals surface area contributed by atoms with E-state index in [-0.39, 0.29) is 31.9 Å². The number of benzene rings is 3. The molecule has 264 valence electrons. The number of carbonyl (C=O) groups excluding carboxylic acids is 5. The highest BCUT2D eigenvalue weighted by atomic mass is 16.5. The van der Waals surface area contributed by atoms with Gasteiger partial charge in [0, 0.05) is 12.8 Å². The molecule has 2 aliphatic heterocycles. The number of amides is 5. The number of nitrogens with one attached hydrogen (secondary N) is 5. The number of hydrogen-bond donors (Lipinski definition) is 5. The van der Waals surface area contributed by atoms with E-state index >= 15 is 0 Å². The SMILES string of the molecule is C[C@@H]1NC(=O)[C@@H](NC(=O)Cn2cnc3ccccc3c2=O)Cc2ccc(cc2)OCCNC(=O)C2(CC2)NC(=O)[C@@H](Cc2ccccc2)NC1=O. The Balaban J connectivity index is 1.23. The van der Waals surface area contributed by atoms with E-state index in [1.807, 2.05) is 30.3 Å². The molecule has 4 aromatic rings. The van der Waals surface area contributed by atoms with Crippen molar-refractivity contribution in [2.45, 2.75) is 62.8 Å². The van der Waals surface area contributed by atoms with Crippen molar-refractivity contribution < 1.29 is 28.7 Å². The van der Waals surface area contributed by atoms with Gasteiger partial charge in [-0.25, -0.2) is 4.98 Å². The van der Waals surface area contributed by atoms with E-state index in [0.717, 1.165) is 10.1 Å². The van der Waals surface area contributed by atoms with Crippen LogP contribution >= 0.6 is 0 Å². The van der Waals surface area contributed by atoms with Gasteiger partial charge in [0.15, 0.2) is 0 Å². The molecule has 5 amide bonds. The zero-order chi connectivity index (χ0) is 36.0. The van der Waals surface area contributed by atoms with Crippen LogP contribution in [0.5, 0.6) is 5.75 Å². The molecule has 5 N–H and O–H groups in total. The highest BCUT2D eigenvalue weighted by Gasteiger charge is 2.51. The molecule has 1 aromatic heterocycles. The predicted octanol–water partition coefficient (Wildman–Crippen LogP) is 0.514. The zero-order valence-corrected chi connectivity index (χ0v) is 28.0. The van der Waals surface area contributed by atoms with E-state index < -0.39 is 59.4 Å². The van der Waals surface area contributed by atoms with Crippen LogP contribution in [-0.2, 0) is 43.4 Å². The molecule has 3 atom stereocenters. The minimum Gasteiger partial charge on any atom is -0.492 e. The maximum atomic E-state index is 13.7. The smallest absolute Gasteiger partial charge is 0.261 e. The summed E-state index contributed by atoms with van der Waals surface area (Å²) in [5.74, 6) is -2.24. The lowest BCUT2D eigenvalue weighted by Crippen LogP contribution is -2.59. The summed E-state index contributed by atoms with van der Waals surface area (Å²) in [5.41, 5.74) is 0.470. The van der Waals surface area contributed by atoms with Gasteiger partial charge in [-0.05, 0) is 55.2 Å². The first-order valence-corrected chi connectivity index (χ1v) is 16.8. The summed E-state index contributed by atoms with van der Waals surface area (Å²) >= 11 is 0. The average molecular weight is 694 g/mol. The molecule has 51 heavy (non-hydrogen) atoms. The fourth-order valence-electron chi connectivity index (χ4n) is 5.87. The lowest BCUT2D eigenvalue weighted by atomic mass is 10.0. The molecule has 1 saturated carbocycles. The number of carbonyl (C=O) groups is 5. The van der Waals surface area contributed by atoms with E-state index in [2.05, 4.69) is 31.6 Å². The molecule has 1 fully saturated rings. The second-order valence-electron chi connectivity index (χ2n) is 12.8. The summed E-state index contributed by atoms with van der Waals surface area (Å²) in [6.07, 6.45) is 2.37. The van der Waals surface area contributed by atoms with Gasteiger partial charge in [-0.2, -0.15) is 0 Å². The van der Waals surface area contributed by atoms with Crippen LogP contribution in [0.3, 0.4) is 0 Å². The molecule has 0 unspecified atom stereocenters. The third-order valence-corrected chi connectivity index (χ3v) is 8.93. The number of hydrogen-bond acceptors (Lipinski definition) is 8. The van der Waals surface area contributed by atoms with Crippen LogP contribution in [0.15, 0.2) is 90.0 Å². The average Bonchev–Trinajstić information content (AvgIpc) is 3.92. The number of ether oxygens (including phenoxy) is 1. The Bertz CT molecular complexity index is 1990. The summed E-state index contributed by atoms with van der Waals surface area (Å²) in [5, 5.41) is 14.1. The number of fused-ring (bicyclic) bond motifs is 16. The largest absolute Gasteiger partial charge is 0.492 e. The molecule has 7 rings (SSSR count). The minimum atomic E-state index is -1.14. The normalized spacial score (nSPS) is 21.1. The third-order valence-electron chi connectivity index (χ3n) is 8.93. The van der Waals surface area contributed by atoms with E-state index in [1.165, 1.54) is 13.3 Å². The van der Waals surface area contributed by atoms with Gasteiger partial charge in [0.1, 0.15) is 42.6 Å². The van der Waals surface area contributed by atoms with Gasteiger partial charge in [-0.1, -0.05) is 54.6 Å². The Morgan fingerprint density at radius 1 is 0.902 bits per heavy atom. The zero-order valence-electron chi connectivity index (χ0n) is 28.0. The van der Waals surface area contributed by atoms with E-state index in [4.69, 9.17) is 4.74 Å². The topological polar surface area (TPSA) is 190 Å². The molecular weight excluding hydrogens is 654 g/mol. The summed E-state index contributed by atoms with van der Waals surface area (Å²) in [6, 6.07) is 19.5. The van der Waals surface area contributed by atoms with Gasteiger partial charge in [-0.15, -0.1) is 0 Å². The van der Waals surface area contributed by atoms with Gasteiger partial charge in [0.05, 0.1) is 23.8 Å². The van der Waals surface area contributed by atoms with Crippen molar-refractivity contribution in [1.82, 2.24) is 36.1 Å². The second-order valence-corrected chi connectivity index (χ2v) is 12.8. The molecule has 3 aliphatic rings. The molecule has 14 nitrogen and oxygen atoms in total. The first-order chi connectivity index (χ1) is 24.6. The van der Waals surface area contributed by atoms with E-state index in [0.29, 0.717) is 35.1 Å². The Morgan fingerprint density at radius 3 is 2.37 bits per heavy atom. The fourth-order valence-corrected chi connectivity index (χ4v) is 5.87. The molecule has 2 bridgehead atoms. The summed E-state index contributed by atoms with van der Waals surface area (Å²) < 4.78 is 6.95. The molecule has 0 saturated heterocycles. The van der Waals surface area contributed by atoms with Crippen molar-refractivity contribution in [2.24, 2.45) is 0 Å². The standard InChI is InChI=1S/C37H39N7O7/c1-23-32(46)42-30(19-24-7-3-2-4-8-24)34(48)43-37(15-16-37)36(50)38-17-18-51-26-13-11-25(12-14-26)20-29(33(47)40-23)41-31(45)21-44-22-39-28-10-6-5-9-27(28)35(44)49/h2-14,22-23,29-30H,15-21H2,1H3,(H,38,50)(H,40,47)(H,41,45)(H,42,46)(H,43,48)/t23-,29-,30+/m0/s1. The first-order valence-electron chi connectivity index (χ1n) is 16.8. The van der Waals surface area contributed by atoms with Crippen LogP contribution in [0.4, 0.5) is 0 Å². The Labute approximate surface area is 293 Å². The van der Waals surface area contributed by atoms with Crippen molar-refractivity contribution >= 4 is 40.4 Å². The van der Waals surface area contributed by atoms with Crippen LogP contribution < -0.4 is 36.9 Å². The summed E-state index contributed by atoms with van der Waals surface area (Å²) in [4.78, 5) is 84.5. The molecule has 0 radical (unpaired) electrons. The van der Waals surface area contributed by atoms with Crippen LogP contribution in [0, 0.1) is 0 Å². The lowest BCUT2D eigenvalue weighted by Gasteiger charge is -2.25. The molecule has 14 heteroatoms. The fraction of sp³-hybridized carbons (Fsp3) is 0.324. The Hall–Kier alpha value is -6.05. The quantitative estimate of drug-likeness (QED) is 0.187. The van der Waals surface area contributed by atoms with Crippen LogP contribution in [0.2, 0.25) is 0 Å². The Morgan fingerprint density at radius 2 is 1.63 bits per heavy atom. The first kappa shape index (κ1) is 34.8. The van der Waals surface area contributed by atoms with Crippen molar-refractivity contribution in [3.63, 3.8) is 0 Å². The van der Waals surface area contributed by atoms with Gasteiger partial charge < -0.3 is 31.3 Å². The predicted molar refractivity (Wildman–Crippen MR) is 186 cm³/mol. The second kappa shape index (κ2) is 15.2. The van der Waals surface area contributed by atoms with Gasteiger partial charge in [0.2, 0.25) is 29.5 Å². The minimum absolute atomic E-state index is 0.0498. The highest BCUT2D eigenvalue weighted by Crippen LogP contribution is 2.35. The van der Waals surface area contributed by atoms with Gasteiger partial charge in [0.25, 0.3) is 5.56 Å². The van der Waals surface area contributed by atoms with E-state index in [1.54, 1.807) is 48.5 Å². The Kier molecular flexibility index (Phi) is 10.4. The van der Waals surface area contributed by atoms with Crippen LogP contribution in [-0.4, -0.2) is 75.9 Å². The molecule has 1 aliphatic carbocycles. The van der Waals surface area contributed by atoms with Crippen LogP contribution in [0.1, 0.15) is 30.9 Å². The molecule has 1 spiro atoms.